The second-order valence-corrected chi connectivity index (χ2v) is 5.51. The SMILES string of the molecule is C=C/C=C\C1=CC(=NC)c2cc(-c3ccccc3)cnc2CC1. The predicted molar refractivity (Wildman–Crippen MR) is 97.9 cm³/mol. The fraction of sp³-hybridized carbons (Fsp3) is 0.143. The molecule has 0 aliphatic heterocycles. The average Bonchev–Trinajstić information content (AvgIpc) is 2.79. The van der Waals surface area contributed by atoms with E-state index in [1.165, 1.54) is 11.1 Å². The minimum Gasteiger partial charge on any atom is -0.288 e. The van der Waals surface area contributed by atoms with E-state index < -0.39 is 0 Å². The van der Waals surface area contributed by atoms with Crippen molar-refractivity contribution in [2.45, 2.75) is 12.8 Å². The van der Waals surface area contributed by atoms with Gasteiger partial charge in [-0.1, -0.05) is 55.1 Å². The molecule has 23 heavy (non-hydrogen) atoms. The summed E-state index contributed by atoms with van der Waals surface area (Å²) in [6.45, 7) is 3.74. The maximum Gasteiger partial charge on any atom is 0.0664 e. The van der Waals surface area contributed by atoms with Gasteiger partial charge in [0, 0.05) is 24.4 Å². The quantitative estimate of drug-likeness (QED) is 0.749. The Morgan fingerprint density at radius 1 is 1.13 bits per heavy atom. The Labute approximate surface area is 137 Å². The zero-order valence-corrected chi connectivity index (χ0v) is 13.4. The van der Waals surface area contributed by atoms with Crippen LogP contribution < -0.4 is 0 Å². The molecule has 0 saturated heterocycles. The van der Waals surface area contributed by atoms with Crippen molar-refractivity contribution < 1.29 is 0 Å². The van der Waals surface area contributed by atoms with Crippen LogP contribution in [0.15, 0.2) is 84.0 Å². The molecule has 0 unspecified atom stereocenters. The van der Waals surface area contributed by atoms with Gasteiger partial charge in [-0.3, -0.25) is 9.98 Å². The van der Waals surface area contributed by atoms with Crippen LogP contribution in [0.2, 0.25) is 0 Å². The summed E-state index contributed by atoms with van der Waals surface area (Å²) in [5.74, 6) is 0. The molecule has 3 rings (SSSR count). The van der Waals surface area contributed by atoms with Crippen molar-refractivity contribution in [3.63, 3.8) is 0 Å². The maximum absolute atomic E-state index is 4.71. The molecule has 2 nitrogen and oxygen atoms in total. The first-order valence-electron chi connectivity index (χ1n) is 7.83. The number of aryl methyl sites for hydroxylation is 1. The number of fused-ring (bicyclic) bond motifs is 1. The van der Waals surface area contributed by atoms with Gasteiger partial charge >= 0.3 is 0 Å². The number of hydrogen-bond acceptors (Lipinski definition) is 2. The molecule has 0 bridgehead atoms. The van der Waals surface area contributed by atoms with Gasteiger partial charge in [-0.2, -0.15) is 0 Å². The Kier molecular flexibility index (Phi) is 4.62. The molecule has 1 aliphatic rings. The van der Waals surface area contributed by atoms with Gasteiger partial charge in [0.2, 0.25) is 0 Å². The van der Waals surface area contributed by atoms with E-state index in [9.17, 15) is 0 Å². The van der Waals surface area contributed by atoms with Crippen LogP contribution in [-0.4, -0.2) is 17.7 Å². The second kappa shape index (κ2) is 7.01. The monoisotopic (exact) mass is 300 g/mol. The second-order valence-electron chi connectivity index (χ2n) is 5.51. The molecule has 1 aliphatic carbocycles. The Morgan fingerprint density at radius 2 is 1.96 bits per heavy atom. The number of allylic oxidation sites excluding steroid dienone is 5. The fourth-order valence-corrected chi connectivity index (χ4v) is 2.80. The van der Waals surface area contributed by atoms with E-state index in [4.69, 9.17) is 4.98 Å². The third-order valence-corrected chi connectivity index (χ3v) is 4.01. The molecule has 0 saturated carbocycles. The summed E-state index contributed by atoms with van der Waals surface area (Å²) in [6, 6.07) is 12.5. The highest BCUT2D eigenvalue weighted by Crippen LogP contribution is 2.25. The standard InChI is InChI=1S/C21H20N2/c1-3-4-8-16-11-12-20-19(21(13-16)22-2)14-18(15-23-20)17-9-6-5-7-10-17/h3-10,13-15H,1,11-12H2,2H3/b8-4-,22-21?. The Bertz CT molecular complexity index is 796. The highest BCUT2D eigenvalue weighted by Gasteiger charge is 2.15. The van der Waals surface area contributed by atoms with E-state index in [2.05, 4.69) is 41.9 Å². The molecule has 2 heteroatoms. The van der Waals surface area contributed by atoms with Crippen LogP contribution in [0.4, 0.5) is 0 Å². The molecule has 0 radical (unpaired) electrons. The first-order valence-corrected chi connectivity index (χ1v) is 7.83. The van der Waals surface area contributed by atoms with Gasteiger partial charge in [0.25, 0.3) is 0 Å². The van der Waals surface area contributed by atoms with Crippen LogP contribution in [0.3, 0.4) is 0 Å². The highest BCUT2D eigenvalue weighted by molar-refractivity contribution is 6.10. The molecule has 1 aromatic heterocycles. The molecule has 0 amide bonds. The molecule has 0 fully saturated rings. The molecule has 0 spiro atoms. The minimum absolute atomic E-state index is 0.927. The van der Waals surface area contributed by atoms with Crippen molar-refractivity contribution in [1.82, 2.24) is 4.98 Å². The van der Waals surface area contributed by atoms with Gasteiger partial charge in [0.1, 0.15) is 0 Å². The van der Waals surface area contributed by atoms with E-state index in [1.54, 1.807) is 6.08 Å². The number of rotatable bonds is 3. The van der Waals surface area contributed by atoms with Crippen molar-refractivity contribution in [3.05, 3.63) is 90.3 Å². The first kappa shape index (κ1) is 15.2. The lowest BCUT2D eigenvalue weighted by atomic mass is 10.0. The van der Waals surface area contributed by atoms with E-state index in [-0.39, 0.29) is 0 Å². The summed E-state index contributed by atoms with van der Waals surface area (Å²) in [4.78, 5) is 9.19. The van der Waals surface area contributed by atoms with Crippen molar-refractivity contribution in [1.29, 1.82) is 0 Å². The van der Waals surface area contributed by atoms with Gasteiger partial charge in [0.05, 0.1) is 11.4 Å². The lowest BCUT2D eigenvalue weighted by Crippen LogP contribution is -2.03. The third kappa shape index (κ3) is 3.37. The van der Waals surface area contributed by atoms with E-state index in [1.807, 2.05) is 37.5 Å². The normalized spacial score (nSPS) is 16.0. The summed E-state index contributed by atoms with van der Waals surface area (Å²) < 4.78 is 0. The third-order valence-electron chi connectivity index (χ3n) is 4.01. The van der Waals surface area contributed by atoms with Crippen molar-refractivity contribution >= 4 is 5.71 Å². The molecule has 2 aromatic rings. The largest absolute Gasteiger partial charge is 0.288 e. The molecular formula is C21H20N2. The molecule has 114 valence electrons. The number of benzene rings is 1. The van der Waals surface area contributed by atoms with Crippen LogP contribution in [-0.2, 0) is 6.42 Å². The Hall–Kier alpha value is -2.74. The lowest BCUT2D eigenvalue weighted by Gasteiger charge is -2.09. The van der Waals surface area contributed by atoms with Gasteiger partial charge in [-0.05, 0) is 36.1 Å². The Morgan fingerprint density at radius 3 is 2.70 bits per heavy atom. The average molecular weight is 300 g/mol. The van der Waals surface area contributed by atoms with Gasteiger partial charge in [-0.25, -0.2) is 0 Å². The molecule has 0 N–H and O–H groups in total. The molecule has 1 aromatic carbocycles. The number of aliphatic imine (C=N–C) groups is 1. The number of pyridine rings is 1. The van der Waals surface area contributed by atoms with Crippen molar-refractivity contribution in [3.8, 4) is 11.1 Å². The predicted octanol–water partition coefficient (Wildman–Crippen LogP) is 4.78. The fourth-order valence-electron chi connectivity index (χ4n) is 2.80. The van der Waals surface area contributed by atoms with E-state index in [0.717, 1.165) is 35.4 Å². The number of aromatic nitrogens is 1. The summed E-state index contributed by atoms with van der Waals surface area (Å²) in [7, 11) is 1.84. The van der Waals surface area contributed by atoms with Crippen LogP contribution in [0.5, 0.6) is 0 Å². The van der Waals surface area contributed by atoms with Gasteiger partial charge < -0.3 is 0 Å². The van der Waals surface area contributed by atoms with Gasteiger partial charge in [-0.15, -0.1) is 0 Å². The minimum atomic E-state index is 0.927. The summed E-state index contributed by atoms with van der Waals surface area (Å²) in [5, 5.41) is 0. The number of hydrogen-bond donors (Lipinski definition) is 0. The zero-order valence-electron chi connectivity index (χ0n) is 13.4. The Balaban J connectivity index is 2.05. The van der Waals surface area contributed by atoms with Gasteiger partial charge in [0.15, 0.2) is 0 Å². The zero-order chi connectivity index (χ0) is 16.1. The van der Waals surface area contributed by atoms with Crippen LogP contribution in [0.25, 0.3) is 11.1 Å². The summed E-state index contributed by atoms with van der Waals surface area (Å²) in [5.41, 5.74) is 6.80. The van der Waals surface area contributed by atoms with Crippen molar-refractivity contribution in [2.24, 2.45) is 4.99 Å². The molecule has 0 atom stereocenters. The van der Waals surface area contributed by atoms with E-state index in [0.29, 0.717) is 0 Å². The van der Waals surface area contributed by atoms with Crippen LogP contribution in [0.1, 0.15) is 17.7 Å². The lowest BCUT2D eigenvalue weighted by molar-refractivity contribution is 0.922. The van der Waals surface area contributed by atoms with Crippen LogP contribution in [0, 0.1) is 0 Å². The van der Waals surface area contributed by atoms with Crippen LogP contribution >= 0.6 is 0 Å². The first-order chi connectivity index (χ1) is 11.3. The summed E-state index contributed by atoms with van der Waals surface area (Å²) >= 11 is 0. The topological polar surface area (TPSA) is 25.2 Å². The smallest absolute Gasteiger partial charge is 0.0664 e. The summed E-state index contributed by atoms with van der Waals surface area (Å²) in [6.07, 6.45) is 11.9. The number of nitrogens with zero attached hydrogens (tertiary/aromatic N) is 2. The molecular weight excluding hydrogens is 280 g/mol. The van der Waals surface area contributed by atoms with Crippen molar-refractivity contribution in [2.75, 3.05) is 7.05 Å². The highest BCUT2D eigenvalue weighted by atomic mass is 14.7. The molecule has 1 heterocycles. The van der Waals surface area contributed by atoms with E-state index >= 15 is 0 Å². The maximum atomic E-state index is 4.71.